The van der Waals surface area contributed by atoms with E-state index in [0.717, 1.165) is 12.8 Å². The Balaban J connectivity index is 2.81. The summed E-state index contributed by atoms with van der Waals surface area (Å²) in [6.45, 7) is 7.48. The van der Waals surface area contributed by atoms with Crippen molar-refractivity contribution in [2.24, 2.45) is 0 Å². The van der Waals surface area contributed by atoms with Crippen LogP contribution in [-0.4, -0.2) is 22.3 Å². The lowest BCUT2D eigenvalue weighted by atomic mass is 9.95. The molecule has 0 aromatic carbocycles. The molecule has 1 unspecified atom stereocenters. The number of nitrogens with zero attached hydrogens (tertiary/aromatic N) is 1. The fraction of sp³-hybridized carbons (Fsp3) is 0.667. The molecule has 17 heavy (non-hydrogen) atoms. The molecule has 1 atom stereocenters. The molecule has 0 aliphatic carbocycles. The fourth-order valence-electron chi connectivity index (χ4n) is 1.61. The topological polar surface area (TPSA) is 55.1 Å². The summed E-state index contributed by atoms with van der Waals surface area (Å²) in [6.07, 6.45) is 1.54. The molecule has 0 aliphatic rings. The standard InChI is InChI=1S/C12H19ClN2O2/c1-5-12(4,6-7-13)15-11(16)10-8(2)14-9(3)17-10/h5-7H2,1-4H3,(H,15,16). The zero-order chi connectivity index (χ0) is 13.1. The number of oxazole rings is 1. The molecule has 4 nitrogen and oxygen atoms in total. The molecular formula is C12H19ClN2O2. The van der Waals surface area contributed by atoms with E-state index >= 15 is 0 Å². The minimum Gasteiger partial charge on any atom is -0.436 e. The average molecular weight is 259 g/mol. The molecule has 96 valence electrons. The van der Waals surface area contributed by atoms with Gasteiger partial charge in [0.15, 0.2) is 5.89 Å². The van der Waals surface area contributed by atoms with Crippen LogP contribution in [0.5, 0.6) is 0 Å². The van der Waals surface area contributed by atoms with E-state index in [1.165, 1.54) is 0 Å². The Labute approximate surface area is 107 Å². The SMILES string of the molecule is CCC(C)(CCCl)NC(=O)c1oc(C)nc1C. The van der Waals surface area contributed by atoms with Gasteiger partial charge in [0.25, 0.3) is 5.91 Å². The number of aryl methyl sites for hydroxylation is 2. The van der Waals surface area contributed by atoms with Crippen LogP contribution >= 0.6 is 11.6 Å². The average Bonchev–Trinajstić information content (AvgIpc) is 2.58. The Morgan fingerprint density at radius 2 is 2.18 bits per heavy atom. The second-order valence-corrected chi connectivity index (χ2v) is 4.83. The molecular weight excluding hydrogens is 240 g/mol. The molecule has 1 heterocycles. The molecule has 0 fully saturated rings. The van der Waals surface area contributed by atoms with E-state index in [1.807, 2.05) is 13.8 Å². The summed E-state index contributed by atoms with van der Waals surface area (Å²) in [4.78, 5) is 16.1. The Morgan fingerprint density at radius 1 is 1.53 bits per heavy atom. The molecule has 0 saturated heterocycles. The highest BCUT2D eigenvalue weighted by atomic mass is 35.5. The Kier molecular flexibility index (Phi) is 4.57. The van der Waals surface area contributed by atoms with Gasteiger partial charge in [-0.25, -0.2) is 4.98 Å². The van der Waals surface area contributed by atoms with Gasteiger partial charge in [-0.05, 0) is 26.7 Å². The maximum Gasteiger partial charge on any atom is 0.289 e. The van der Waals surface area contributed by atoms with E-state index in [2.05, 4.69) is 10.3 Å². The number of aromatic nitrogens is 1. The summed E-state index contributed by atoms with van der Waals surface area (Å²) in [5.74, 6) is 1.08. The minimum atomic E-state index is -0.300. The fourth-order valence-corrected chi connectivity index (χ4v) is 2.03. The Morgan fingerprint density at radius 3 is 2.59 bits per heavy atom. The first-order valence-corrected chi connectivity index (χ1v) is 6.28. The third-order valence-corrected chi connectivity index (χ3v) is 3.14. The largest absolute Gasteiger partial charge is 0.436 e. The number of hydrogen-bond acceptors (Lipinski definition) is 3. The first-order valence-electron chi connectivity index (χ1n) is 5.74. The van der Waals surface area contributed by atoms with Crippen molar-refractivity contribution in [3.05, 3.63) is 17.3 Å². The molecule has 0 spiro atoms. The monoisotopic (exact) mass is 258 g/mol. The van der Waals surface area contributed by atoms with Crippen LogP contribution in [0, 0.1) is 13.8 Å². The van der Waals surface area contributed by atoms with Crippen LogP contribution in [0.3, 0.4) is 0 Å². The number of carbonyl (C=O) groups excluding carboxylic acids is 1. The van der Waals surface area contributed by atoms with E-state index in [9.17, 15) is 4.79 Å². The van der Waals surface area contributed by atoms with Crippen LogP contribution in [0.15, 0.2) is 4.42 Å². The Bertz CT molecular complexity index is 403. The number of hydrogen-bond donors (Lipinski definition) is 1. The number of amides is 1. The van der Waals surface area contributed by atoms with E-state index in [4.69, 9.17) is 16.0 Å². The van der Waals surface area contributed by atoms with Gasteiger partial charge in [0.1, 0.15) is 0 Å². The van der Waals surface area contributed by atoms with Gasteiger partial charge in [0.05, 0.1) is 5.69 Å². The number of halogens is 1. The van der Waals surface area contributed by atoms with Crippen LogP contribution in [0.2, 0.25) is 0 Å². The molecule has 1 rings (SSSR count). The first kappa shape index (κ1) is 14.0. The molecule has 1 aromatic rings. The third-order valence-electron chi connectivity index (χ3n) is 2.95. The van der Waals surface area contributed by atoms with Crippen LogP contribution in [0.1, 0.15) is 48.8 Å². The van der Waals surface area contributed by atoms with Gasteiger partial charge in [-0.3, -0.25) is 4.79 Å². The van der Waals surface area contributed by atoms with E-state index in [0.29, 0.717) is 17.5 Å². The quantitative estimate of drug-likeness (QED) is 0.827. The van der Waals surface area contributed by atoms with Crippen molar-refractivity contribution in [3.63, 3.8) is 0 Å². The zero-order valence-electron chi connectivity index (χ0n) is 10.8. The Hall–Kier alpha value is -1.03. The predicted molar refractivity (Wildman–Crippen MR) is 67.5 cm³/mol. The van der Waals surface area contributed by atoms with Gasteiger partial charge in [0.2, 0.25) is 5.76 Å². The summed E-state index contributed by atoms with van der Waals surface area (Å²) in [7, 11) is 0. The van der Waals surface area contributed by atoms with Gasteiger partial charge < -0.3 is 9.73 Å². The van der Waals surface area contributed by atoms with Gasteiger partial charge >= 0.3 is 0 Å². The van der Waals surface area contributed by atoms with E-state index in [1.54, 1.807) is 13.8 Å². The summed E-state index contributed by atoms with van der Waals surface area (Å²) in [5, 5.41) is 2.96. The first-order chi connectivity index (χ1) is 7.91. The second-order valence-electron chi connectivity index (χ2n) is 4.45. The molecule has 0 radical (unpaired) electrons. The molecule has 0 saturated carbocycles. The van der Waals surface area contributed by atoms with Crippen molar-refractivity contribution in [2.75, 3.05) is 5.88 Å². The van der Waals surface area contributed by atoms with Crippen molar-refractivity contribution in [1.29, 1.82) is 0 Å². The summed E-state index contributed by atoms with van der Waals surface area (Å²) in [5.41, 5.74) is 0.315. The van der Waals surface area contributed by atoms with Gasteiger partial charge in [-0.1, -0.05) is 6.92 Å². The maximum absolute atomic E-state index is 12.0. The summed E-state index contributed by atoms with van der Waals surface area (Å²) >= 11 is 5.74. The lowest BCUT2D eigenvalue weighted by Gasteiger charge is -2.28. The van der Waals surface area contributed by atoms with Crippen molar-refractivity contribution >= 4 is 17.5 Å². The number of alkyl halides is 1. The van der Waals surface area contributed by atoms with Gasteiger partial charge in [-0.2, -0.15) is 0 Å². The van der Waals surface area contributed by atoms with E-state index < -0.39 is 0 Å². The van der Waals surface area contributed by atoms with Crippen LogP contribution in [-0.2, 0) is 0 Å². The normalized spacial score (nSPS) is 14.4. The van der Waals surface area contributed by atoms with Crippen LogP contribution < -0.4 is 5.32 Å². The second kappa shape index (κ2) is 5.54. The number of rotatable bonds is 5. The van der Waals surface area contributed by atoms with Crippen molar-refractivity contribution in [3.8, 4) is 0 Å². The number of nitrogens with one attached hydrogen (secondary N) is 1. The third kappa shape index (κ3) is 3.46. The smallest absolute Gasteiger partial charge is 0.289 e. The van der Waals surface area contributed by atoms with Gasteiger partial charge in [0, 0.05) is 18.3 Å². The van der Waals surface area contributed by atoms with Crippen LogP contribution in [0.4, 0.5) is 0 Å². The lowest BCUT2D eigenvalue weighted by Crippen LogP contribution is -2.45. The number of carbonyl (C=O) groups is 1. The zero-order valence-corrected chi connectivity index (χ0v) is 11.5. The molecule has 0 bridgehead atoms. The molecule has 1 aromatic heterocycles. The molecule has 1 N–H and O–H groups in total. The van der Waals surface area contributed by atoms with E-state index in [-0.39, 0.29) is 17.2 Å². The lowest BCUT2D eigenvalue weighted by molar-refractivity contribution is 0.0870. The molecule has 0 aliphatic heterocycles. The summed E-state index contributed by atoms with van der Waals surface area (Å²) in [6, 6.07) is 0. The van der Waals surface area contributed by atoms with Crippen molar-refractivity contribution in [1.82, 2.24) is 10.3 Å². The highest BCUT2D eigenvalue weighted by molar-refractivity contribution is 6.17. The van der Waals surface area contributed by atoms with Crippen molar-refractivity contribution < 1.29 is 9.21 Å². The highest BCUT2D eigenvalue weighted by Gasteiger charge is 2.26. The predicted octanol–water partition coefficient (Wildman–Crippen LogP) is 2.82. The van der Waals surface area contributed by atoms with Gasteiger partial charge in [-0.15, -0.1) is 11.6 Å². The minimum absolute atomic E-state index is 0.224. The van der Waals surface area contributed by atoms with Crippen LogP contribution in [0.25, 0.3) is 0 Å². The molecule has 1 amide bonds. The maximum atomic E-state index is 12.0. The molecule has 5 heteroatoms. The highest BCUT2D eigenvalue weighted by Crippen LogP contribution is 2.17. The summed E-state index contributed by atoms with van der Waals surface area (Å²) < 4.78 is 5.29. The van der Waals surface area contributed by atoms with Crippen molar-refractivity contribution in [2.45, 2.75) is 46.1 Å².